The molecule has 0 spiro atoms. The van der Waals surface area contributed by atoms with Crippen LogP contribution in [-0.2, 0) is 14.6 Å². The van der Waals surface area contributed by atoms with E-state index >= 15 is 0 Å². The Labute approximate surface area is 156 Å². The fourth-order valence-corrected chi connectivity index (χ4v) is 3.78. The SMILES string of the molecule is COCCCNc1oc(-c2ccccc2F)nc1S(=O)(=O)c1ccccc1. The summed E-state index contributed by atoms with van der Waals surface area (Å²) in [5, 5.41) is 2.65. The number of methoxy groups -OCH3 is 1. The molecule has 1 aromatic heterocycles. The monoisotopic (exact) mass is 390 g/mol. The molecular weight excluding hydrogens is 371 g/mol. The number of aromatic nitrogens is 1. The Morgan fingerprint density at radius 1 is 1.11 bits per heavy atom. The van der Waals surface area contributed by atoms with Crippen LogP contribution >= 0.6 is 0 Å². The van der Waals surface area contributed by atoms with Crippen LogP contribution in [0.1, 0.15) is 6.42 Å². The lowest BCUT2D eigenvalue weighted by Gasteiger charge is -2.05. The molecule has 0 fully saturated rings. The first-order valence-corrected chi connectivity index (χ1v) is 9.81. The molecule has 0 saturated carbocycles. The van der Waals surface area contributed by atoms with Gasteiger partial charge >= 0.3 is 0 Å². The van der Waals surface area contributed by atoms with Crippen LogP contribution in [0.15, 0.2) is 68.9 Å². The number of sulfone groups is 1. The van der Waals surface area contributed by atoms with Crippen molar-refractivity contribution in [2.45, 2.75) is 16.3 Å². The summed E-state index contributed by atoms with van der Waals surface area (Å²) in [6, 6.07) is 13.8. The zero-order valence-corrected chi connectivity index (χ0v) is 15.5. The third kappa shape index (κ3) is 4.17. The van der Waals surface area contributed by atoms with E-state index in [0.29, 0.717) is 19.6 Å². The Balaban J connectivity index is 2.04. The summed E-state index contributed by atoms with van der Waals surface area (Å²) in [6.45, 7) is 0.916. The maximum atomic E-state index is 14.1. The first kappa shape index (κ1) is 19.1. The summed E-state index contributed by atoms with van der Waals surface area (Å²) < 4.78 is 50.7. The molecule has 0 aliphatic carbocycles. The Kier molecular flexibility index (Phi) is 5.88. The molecule has 0 bridgehead atoms. The van der Waals surface area contributed by atoms with Gasteiger partial charge in [-0.15, -0.1) is 0 Å². The largest absolute Gasteiger partial charge is 0.419 e. The van der Waals surface area contributed by atoms with E-state index < -0.39 is 15.7 Å². The molecule has 0 saturated heterocycles. The quantitative estimate of drug-likeness (QED) is 0.590. The van der Waals surface area contributed by atoms with Crippen LogP contribution in [0.3, 0.4) is 0 Å². The van der Waals surface area contributed by atoms with E-state index in [0.717, 1.165) is 0 Å². The highest BCUT2D eigenvalue weighted by Gasteiger charge is 2.28. The minimum Gasteiger partial charge on any atom is -0.419 e. The van der Waals surface area contributed by atoms with Crippen LogP contribution in [0.2, 0.25) is 0 Å². The molecule has 3 rings (SSSR count). The average molecular weight is 390 g/mol. The number of nitrogens with one attached hydrogen (secondary N) is 1. The normalized spacial score (nSPS) is 11.5. The highest BCUT2D eigenvalue weighted by molar-refractivity contribution is 7.91. The zero-order chi connectivity index (χ0) is 19.3. The summed E-state index contributed by atoms with van der Waals surface area (Å²) in [5.74, 6) is -0.668. The summed E-state index contributed by atoms with van der Waals surface area (Å²) >= 11 is 0. The second-order valence-corrected chi connectivity index (χ2v) is 7.59. The standard InChI is InChI=1S/C19H19FN2O4S/c1-25-13-7-12-21-18-19(27(23,24)14-8-3-2-4-9-14)22-17(26-18)15-10-5-6-11-16(15)20/h2-6,8-11,21H,7,12-13H2,1H3. The van der Waals surface area contributed by atoms with Gasteiger partial charge in [-0.2, -0.15) is 4.98 Å². The predicted molar refractivity (Wildman–Crippen MR) is 98.8 cm³/mol. The van der Waals surface area contributed by atoms with Crippen molar-refractivity contribution < 1.29 is 22.0 Å². The second kappa shape index (κ2) is 8.32. The highest BCUT2D eigenvalue weighted by atomic mass is 32.2. The van der Waals surface area contributed by atoms with Gasteiger partial charge in [-0.3, -0.25) is 0 Å². The molecule has 2 aromatic carbocycles. The van der Waals surface area contributed by atoms with Crippen LogP contribution < -0.4 is 5.32 Å². The van der Waals surface area contributed by atoms with Crippen molar-refractivity contribution in [3.05, 3.63) is 60.4 Å². The molecule has 0 aliphatic rings. The molecule has 0 atom stereocenters. The van der Waals surface area contributed by atoms with Crippen LogP contribution in [0.25, 0.3) is 11.5 Å². The molecule has 27 heavy (non-hydrogen) atoms. The number of rotatable bonds is 8. The smallest absolute Gasteiger partial charge is 0.233 e. The van der Waals surface area contributed by atoms with E-state index in [1.807, 2.05) is 0 Å². The predicted octanol–water partition coefficient (Wildman–Crippen LogP) is 3.76. The minimum atomic E-state index is -3.93. The number of hydrogen-bond donors (Lipinski definition) is 1. The summed E-state index contributed by atoms with van der Waals surface area (Å²) in [5.41, 5.74) is 0.0898. The molecule has 8 heteroatoms. The molecule has 142 valence electrons. The number of ether oxygens (including phenoxy) is 1. The van der Waals surface area contributed by atoms with Crippen molar-refractivity contribution in [2.24, 2.45) is 0 Å². The lowest BCUT2D eigenvalue weighted by atomic mass is 10.2. The number of hydrogen-bond acceptors (Lipinski definition) is 6. The van der Waals surface area contributed by atoms with Crippen molar-refractivity contribution in [3.8, 4) is 11.5 Å². The van der Waals surface area contributed by atoms with Gasteiger partial charge in [0.05, 0.1) is 10.5 Å². The molecule has 6 nitrogen and oxygen atoms in total. The zero-order valence-electron chi connectivity index (χ0n) is 14.7. The van der Waals surface area contributed by atoms with Gasteiger partial charge in [-0.25, -0.2) is 12.8 Å². The molecular formula is C19H19FN2O4S. The van der Waals surface area contributed by atoms with Crippen LogP contribution in [0, 0.1) is 5.82 Å². The van der Waals surface area contributed by atoms with E-state index in [1.165, 1.54) is 30.3 Å². The van der Waals surface area contributed by atoms with Crippen molar-refractivity contribution in [3.63, 3.8) is 0 Å². The Hall–Kier alpha value is -2.71. The third-order valence-corrected chi connectivity index (χ3v) is 5.50. The number of nitrogens with zero attached hydrogens (tertiary/aromatic N) is 1. The van der Waals surface area contributed by atoms with Gasteiger partial charge in [-0.1, -0.05) is 30.3 Å². The average Bonchev–Trinajstić information content (AvgIpc) is 3.11. The topological polar surface area (TPSA) is 81.4 Å². The van der Waals surface area contributed by atoms with Crippen LogP contribution in [0.4, 0.5) is 10.3 Å². The lowest BCUT2D eigenvalue weighted by Crippen LogP contribution is -2.09. The van der Waals surface area contributed by atoms with E-state index in [4.69, 9.17) is 9.15 Å². The van der Waals surface area contributed by atoms with Gasteiger partial charge in [-0.05, 0) is 30.7 Å². The summed E-state index contributed by atoms with van der Waals surface area (Å²) in [6.07, 6.45) is 0.636. The molecule has 1 heterocycles. The van der Waals surface area contributed by atoms with Gasteiger partial charge < -0.3 is 14.5 Å². The van der Waals surface area contributed by atoms with E-state index in [-0.39, 0.29) is 27.3 Å². The first-order valence-electron chi connectivity index (χ1n) is 8.32. The van der Waals surface area contributed by atoms with Crippen molar-refractivity contribution >= 4 is 15.7 Å². The molecule has 3 aromatic rings. The Morgan fingerprint density at radius 2 is 1.81 bits per heavy atom. The second-order valence-electron chi connectivity index (χ2n) is 5.72. The number of oxazole rings is 1. The Morgan fingerprint density at radius 3 is 2.52 bits per heavy atom. The van der Waals surface area contributed by atoms with Crippen molar-refractivity contribution in [2.75, 3.05) is 25.6 Å². The maximum Gasteiger partial charge on any atom is 0.233 e. The third-order valence-electron chi connectivity index (χ3n) is 3.82. The minimum absolute atomic E-state index is 0.0202. The van der Waals surface area contributed by atoms with E-state index in [9.17, 15) is 12.8 Å². The molecule has 0 aliphatic heterocycles. The molecule has 0 radical (unpaired) electrons. The fraction of sp³-hybridized carbons (Fsp3) is 0.211. The molecule has 1 N–H and O–H groups in total. The summed E-state index contributed by atoms with van der Waals surface area (Å²) in [4.78, 5) is 4.18. The highest BCUT2D eigenvalue weighted by Crippen LogP contribution is 2.33. The Bertz CT molecular complexity index is 1000. The van der Waals surface area contributed by atoms with E-state index in [2.05, 4.69) is 10.3 Å². The number of halogens is 1. The van der Waals surface area contributed by atoms with Gasteiger partial charge in [0, 0.05) is 20.3 Å². The van der Waals surface area contributed by atoms with Crippen molar-refractivity contribution in [1.82, 2.24) is 4.98 Å². The molecule has 0 unspecified atom stereocenters. The van der Waals surface area contributed by atoms with Crippen LogP contribution in [0.5, 0.6) is 0 Å². The van der Waals surface area contributed by atoms with E-state index in [1.54, 1.807) is 31.4 Å². The van der Waals surface area contributed by atoms with Gasteiger partial charge in [0.15, 0.2) is 0 Å². The number of benzene rings is 2. The first-order chi connectivity index (χ1) is 13.0. The summed E-state index contributed by atoms with van der Waals surface area (Å²) in [7, 11) is -2.35. The van der Waals surface area contributed by atoms with Gasteiger partial charge in [0.1, 0.15) is 5.82 Å². The molecule has 0 amide bonds. The number of anilines is 1. The fourth-order valence-electron chi connectivity index (χ4n) is 2.48. The maximum absolute atomic E-state index is 14.1. The lowest BCUT2D eigenvalue weighted by molar-refractivity contribution is 0.197. The van der Waals surface area contributed by atoms with Crippen LogP contribution in [-0.4, -0.2) is 33.7 Å². The van der Waals surface area contributed by atoms with Gasteiger partial charge in [0.2, 0.25) is 26.6 Å². The van der Waals surface area contributed by atoms with Gasteiger partial charge in [0.25, 0.3) is 0 Å². The van der Waals surface area contributed by atoms with Crippen molar-refractivity contribution in [1.29, 1.82) is 0 Å².